The van der Waals surface area contributed by atoms with Crippen LogP contribution in [0.25, 0.3) is 0 Å². The summed E-state index contributed by atoms with van der Waals surface area (Å²) >= 11 is 2.28. The van der Waals surface area contributed by atoms with Crippen molar-refractivity contribution in [2.24, 2.45) is 5.92 Å². The Hall–Kier alpha value is 0.517. The molecule has 13 heavy (non-hydrogen) atoms. The molecule has 0 radical (unpaired) electrons. The minimum atomic E-state index is 0.429. The molecule has 0 aromatic carbocycles. The van der Waals surface area contributed by atoms with Gasteiger partial charge in [-0.2, -0.15) is 0 Å². The first-order valence-electron chi connectivity index (χ1n) is 5.23. The van der Waals surface area contributed by atoms with Crippen LogP contribution >= 0.6 is 0 Å². The van der Waals surface area contributed by atoms with E-state index in [1.54, 1.807) is 7.11 Å². The Kier molecular flexibility index (Phi) is 9.45. The van der Waals surface area contributed by atoms with Gasteiger partial charge in [0.25, 0.3) is 0 Å². The van der Waals surface area contributed by atoms with Gasteiger partial charge in [0.15, 0.2) is 0 Å². The molecular weight excluding hydrogens is 159 g/mol. The third-order valence-electron chi connectivity index (χ3n) is 2.06. The molecule has 0 saturated heterocycles. The molecule has 0 aliphatic heterocycles. The van der Waals surface area contributed by atoms with Crippen molar-refractivity contribution in [3.63, 3.8) is 0 Å². The van der Waals surface area contributed by atoms with Crippen LogP contribution in [0.3, 0.4) is 0 Å². The molecule has 0 aromatic rings. The van der Waals surface area contributed by atoms with Crippen LogP contribution in [0.2, 0.25) is 4.59 Å². The second-order valence-corrected chi connectivity index (χ2v) is 4.19. The Morgan fingerprint density at radius 2 is 2.00 bits per heavy atom. The maximum atomic E-state index is 5.22. The predicted octanol–water partition coefficient (Wildman–Crippen LogP) is 2.39. The zero-order chi connectivity index (χ0) is 10.1. The van der Waals surface area contributed by atoms with E-state index >= 15 is 0 Å². The summed E-state index contributed by atoms with van der Waals surface area (Å²) in [5.41, 5.74) is 0. The molecule has 0 spiro atoms. The van der Waals surface area contributed by atoms with Crippen molar-refractivity contribution in [1.82, 2.24) is 0 Å². The number of hydrogen-bond donors (Lipinski definition) is 0. The van der Waals surface area contributed by atoms with Gasteiger partial charge in [-0.05, 0) is 0 Å². The van der Waals surface area contributed by atoms with Crippen molar-refractivity contribution in [2.45, 2.75) is 37.7 Å². The monoisotopic (exact) mass is 180 g/mol. The van der Waals surface area contributed by atoms with Crippen LogP contribution in [0.15, 0.2) is 0 Å². The van der Waals surface area contributed by atoms with Crippen LogP contribution in [0.4, 0.5) is 0 Å². The zero-order valence-electron chi connectivity index (χ0n) is 9.51. The number of ether oxygens (including phenoxy) is 2. The van der Waals surface area contributed by atoms with Crippen LogP contribution in [0.5, 0.6) is 0 Å². The molecule has 0 aliphatic carbocycles. The van der Waals surface area contributed by atoms with Gasteiger partial charge >= 0.3 is 91.3 Å². The van der Waals surface area contributed by atoms with E-state index in [4.69, 9.17) is 9.47 Å². The summed E-state index contributed by atoms with van der Waals surface area (Å²) in [6.07, 6.45) is 3.74. The van der Waals surface area contributed by atoms with Gasteiger partial charge in [0.05, 0.1) is 0 Å². The van der Waals surface area contributed by atoms with Crippen molar-refractivity contribution in [2.75, 3.05) is 20.5 Å². The summed E-state index contributed by atoms with van der Waals surface area (Å²) in [7, 11) is 1.65. The average molecular weight is 180 g/mol. The zero-order valence-corrected chi connectivity index (χ0v) is 9.51. The summed E-state index contributed by atoms with van der Waals surface area (Å²) in [6, 6.07) is 0. The molecule has 0 aliphatic rings. The van der Waals surface area contributed by atoms with Gasteiger partial charge in [0, 0.05) is 0 Å². The molecule has 74 valence electrons. The third kappa shape index (κ3) is 10.4. The summed E-state index contributed by atoms with van der Waals surface area (Å²) in [4.78, 5) is 0. The molecule has 2 unspecified atom stereocenters. The maximum absolute atomic E-state index is 5.22. The van der Waals surface area contributed by atoms with Gasteiger partial charge in [-0.3, -0.25) is 0 Å². The van der Waals surface area contributed by atoms with E-state index in [1.165, 1.54) is 12.8 Å². The van der Waals surface area contributed by atoms with E-state index in [2.05, 4.69) is 31.6 Å². The van der Waals surface area contributed by atoms with Gasteiger partial charge in [-0.25, -0.2) is 0 Å². The van der Waals surface area contributed by atoms with Crippen molar-refractivity contribution in [3.8, 4) is 0 Å². The van der Waals surface area contributed by atoms with Crippen molar-refractivity contribution in [1.29, 1.82) is 0 Å². The molecule has 0 fully saturated rings. The van der Waals surface area contributed by atoms with E-state index in [-0.39, 0.29) is 0 Å². The van der Waals surface area contributed by atoms with Gasteiger partial charge in [-0.1, -0.05) is 0 Å². The van der Waals surface area contributed by atoms with Crippen molar-refractivity contribution >= 4 is 17.7 Å². The van der Waals surface area contributed by atoms with Crippen LogP contribution < -0.4 is 0 Å². The summed E-state index contributed by atoms with van der Waals surface area (Å²) in [5.74, 6) is 0.825. The van der Waals surface area contributed by atoms with E-state index < -0.39 is 0 Å². The summed E-state index contributed by atoms with van der Waals surface area (Å²) in [6.45, 7) is 5.85. The Labute approximate surface area is 91.6 Å². The third-order valence-corrected chi connectivity index (χ3v) is 2.06. The van der Waals surface area contributed by atoms with Gasteiger partial charge in [0.2, 0.25) is 0 Å². The quantitative estimate of drug-likeness (QED) is 0.324. The fourth-order valence-corrected chi connectivity index (χ4v) is 1.60. The minimum absolute atomic E-state index is 0.429. The topological polar surface area (TPSA) is 18.5 Å². The van der Waals surface area contributed by atoms with Crippen LogP contribution in [0.1, 0.15) is 33.1 Å². The van der Waals surface area contributed by atoms with E-state index in [9.17, 15) is 0 Å². The van der Waals surface area contributed by atoms with Crippen LogP contribution in [-0.4, -0.2) is 38.2 Å². The SMILES string of the molecule is [Li][CH](C)CC(C)CCCOCOC. The molecular formula is C10H21LiO2. The molecule has 3 heteroatoms. The Balaban J connectivity index is 3.12. The summed E-state index contributed by atoms with van der Waals surface area (Å²) in [5, 5.41) is 0. The molecule has 0 amide bonds. The molecule has 0 aromatic heterocycles. The molecule has 0 heterocycles. The molecule has 2 nitrogen and oxygen atoms in total. The normalized spacial score (nSPS) is 15.8. The number of rotatable bonds is 8. The van der Waals surface area contributed by atoms with Crippen molar-refractivity contribution < 1.29 is 9.47 Å². The summed E-state index contributed by atoms with van der Waals surface area (Å²) < 4.78 is 10.8. The second kappa shape index (κ2) is 9.09. The average Bonchev–Trinajstić information content (AvgIpc) is 2.02. The first kappa shape index (κ1) is 13.5. The molecule has 0 saturated carbocycles. The Morgan fingerprint density at radius 3 is 2.54 bits per heavy atom. The van der Waals surface area contributed by atoms with E-state index in [1.807, 2.05) is 0 Å². The standard InChI is InChI=1S/C10H21O2.Li/c1-4-6-10(2)7-5-8-12-9-11-3;/h4,10H,5-9H2,1-3H3;. The van der Waals surface area contributed by atoms with E-state index in [0.717, 1.165) is 23.5 Å². The molecule has 0 N–H and O–H groups in total. The second-order valence-electron chi connectivity index (χ2n) is 4.19. The Bertz CT molecular complexity index is 107. The Morgan fingerprint density at radius 1 is 1.31 bits per heavy atom. The van der Waals surface area contributed by atoms with Crippen LogP contribution in [0, 0.1) is 5.92 Å². The molecule has 0 bridgehead atoms. The van der Waals surface area contributed by atoms with Gasteiger partial charge in [-0.15, -0.1) is 0 Å². The van der Waals surface area contributed by atoms with Crippen LogP contribution in [-0.2, 0) is 9.47 Å². The first-order valence-corrected chi connectivity index (χ1v) is 5.23. The van der Waals surface area contributed by atoms with Gasteiger partial charge < -0.3 is 0 Å². The first-order chi connectivity index (χ1) is 6.16. The van der Waals surface area contributed by atoms with E-state index in [0.29, 0.717) is 6.79 Å². The fourth-order valence-electron chi connectivity index (χ4n) is 1.60. The fraction of sp³-hybridized carbons (Fsp3) is 1.00. The number of methoxy groups -OCH3 is 1. The predicted molar refractivity (Wildman–Crippen MR) is 56.0 cm³/mol. The van der Waals surface area contributed by atoms with Crippen molar-refractivity contribution in [3.05, 3.63) is 0 Å². The van der Waals surface area contributed by atoms with Gasteiger partial charge in [0.1, 0.15) is 0 Å². The molecule has 2 atom stereocenters. The molecule has 0 rings (SSSR count). The number of hydrogen-bond acceptors (Lipinski definition) is 2.